The maximum atomic E-state index is 13.2. The van der Waals surface area contributed by atoms with E-state index in [2.05, 4.69) is 18.8 Å². The van der Waals surface area contributed by atoms with E-state index in [1.165, 1.54) is 184 Å². The lowest BCUT2D eigenvalue weighted by Crippen LogP contribution is -2.36. The number of esters is 1. The van der Waals surface area contributed by atoms with Gasteiger partial charge in [0.2, 0.25) is 5.91 Å². The molecule has 11 nitrogen and oxygen atoms in total. The second kappa shape index (κ2) is 38.2. The summed E-state index contributed by atoms with van der Waals surface area (Å²) in [6, 6.07) is -0.978. The van der Waals surface area contributed by atoms with E-state index in [1.807, 2.05) is 4.90 Å². The van der Waals surface area contributed by atoms with Crippen LogP contribution in [-0.2, 0) is 35.0 Å². The molecule has 0 aromatic carbocycles. The SMILES string of the molecule is CCCCCCCCCCCCCCCCN(CCCCCCCCCCCCCCCC)C(=O)COCCOCCOC(=O)C(N)Cc1cncn1C(=O)OC(C)(C)C. The molecule has 0 fully saturated rings. The summed E-state index contributed by atoms with van der Waals surface area (Å²) in [6.45, 7) is 12.3. The van der Waals surface area contributed by atoms with Gasteiger partial charge in [0.05, 0.1) is 25.5 Å². The molecule has 1 aromatic rings. The molecule has 1 atom stereocenters. The summed E-state index contributed by atoms with van der Waals surface area (Å²) in [5, 5.41) is 0. The number of hydrogen-bond donors (Lipinski definition) is 1. The molecule has 60 heavy (non-hydrogen) atoms. The Balaban J connectivity index is 2.30. The molecule has 0 saturated heterocycles. The number of hydrogen-bond acceptors (Lipinski definition) is 9. The summed E-state index contributed by atoms with van der Waals surface area (Å²) < 4.78 is 23.2. The predicted octanol–water partition coefficient (Wildman–Crippen LogP) is 11.9. The maximum absolute atomic E-state index is 13.2. The van der Waals surface area contributed by atoms with Crippen molar-refractivity contribution in [3.05, 3.63) is 18.2 Å². The number of carbonyl (C=O) groups excluding carboxylic acids is 3. The average Bonchev–Trinajstić information content (AvgIpc) is 3.68. The van der Waals surface area contributed by atoms with Crippen molar-refractivity contribution in [1.29, 1.82) is 0 Å². The van der Waals surface area contributed by atoms with E-state index < -0.39 is 23.7 Å². The fraction of sp³-hybridized carbons (Fsp3) is 0.878. The predicted molar refractivity (Wildman–Crippen MR) is 245 cm³/mol. The summed E-state index contributed by atoms with van der Waals surface area (Å²) in [6.07, 6.45) is 39.3. The van der Waals surface area contributed by atoms with Gasteiger partial charge in [0.25, 0.3) is 0 Å². The van der Waals surface area contributed by atoms with E-state index in [0.29, 0.717) is 5.69 Å². The number of nitrogens with zero attached hydrogens (tertiary/aromatic N) is 3. The molecular formula is C49H92N4O7. The second-order valence-electron chi connectivity index (χ2n) is 18.0. The number of aromatic nitrogens is 2. The molecule has 0 aliphatic carbocycles. The Morgan fingerprint density at radius 3 is 1.45 bits per heavy atom. The maximum Gasteiger partial charge on any atom is 0.420 e. The molecule has 1 heterocycles. The van der Waals surface area contributed by atoms with E-state index >= 15 is 0 Å². The molecule has 2 N–H and O–H groups in total. The van der Waals surface area contributed by atoms with E-state index in [9.17, 15) is 14.4 Å². The number of nitrogens with two attached hydrogens (primary N) is 1. The Labute approximate surface area is 367 Å². The van der Waals surface area contributed by atoms with Crippen molar-refractivity contribution in [2.45, 2.75) is 232 Å². The topological polar surface area (TPSA) is 135 Å². The van der Waals surface area contributed by atoms with Crippen LogP contribution in [0.4, 0.5) is 4.79 Å². The Morgan fingerprint density at radius 1 is 0.617 bits per heavy atom. The first-order valence-corrected chi connectivity index (χ1v) is 24.7. The lowest BCUT2D eigenvalue weighted by atomic mass is 10.0. The first-order chi connectivity index (χ1) is 29.1. The fourth-order valence-electron chi connectivity index (χ4n) is 7.39. The van der Waals surface area contributed by atoms with Crippen LogP contribution in [0.2, 0.25) is 0 Å². The Morgan fingerprint density at radius 2 is 1.02 bits per heavy atom. The lowest BCUT2D eigenvalue weighted by Gasteiger charge is -2.23. The van der Waals surface area contributed by atoms with Crippen LogP contribution in [0.15, 0.2) is 12.5 Å². The molecule has 11 heteroatoms. The van der Waals surface area contributed by atoms with Gasteiger partial charge in [0.1, 0.15) is 31.2 Å². The van der Waals surface area contributed by atoms with Crippen LogP contribution in [0.3, 0.4) is 0 Å². The monoisotopic (exact) mass is 849 g/mol. The smallest absolute Gasteiger partial charge is 0.420 e. The average molecular weight is 849 g/mol. The highest BCUT2D eigenvalue weighted by atomic mass is 16.6. The van der Waals surface area contributed by atoms with Crippen molar-refractivity contribution in [3.8, 4) is 0 Å². The van der Waals surface area contributed by atoms with Gasteiger partial charge in [-0.05, 0) is 33.6 Å². The zero-order valence-corrected chi connectivity index (χ0v) is 39.5. The summed E-state index contributed by atoms with van der Waals surface area (Å²) in [5.41, 5.74) is 5.84. The lowest BCUT2D eigenvalue weighted by molar-refractivity contribution is -0.147. The fourth-order valence-corrected chi connectivity index (χ4v) is 7.39. The number of amides is 1. The third-order valence-corrected chi connectivity index (χ3v) is 11.0. The summed E-state index contributed by atoms with van der Waals surface area (Å²) in [5.74, 6) is -0.551. The van der Waals surface area contributed by atoms with Crippen molar-refractivity contribution in [2.24, 2.45) is 5.73 Å². The van der Waals surface area contributed by atoms with Crippen LogP contribution in [0.25, 0.3) is 0 Å². The van der Waals surface area contributed by atoms with E-state index in [1.54, 1.807) is 20.8 Å². The van der Waals surface area contributed by atoms with Gasteiger partial charge in [-0.25, -0.2) is 14.3 Å². The third-order valence-electron chi connectivity index (χ3n) is 11.0. The Kier molecular flexibility index (Phi) is 35.3. The minimum Gasteiger partial charge on any atom is -0.462 e. The number of unbranched alkanes of at least 4 members (excludes halogenated alkanes) is 26. The highest BCUT2D eigenvalue weighted by Crippen LogP contribution is 2.16. The van der Waals surface area contributed by atoms with E-state index in [4.69, 9.17) is 24.7 Å². The normalized spacial score (nSPS) is 12.2. The number of ether oxygens (including phenoxy) is 4. The molecule has 0 saturated carbocycles. The van der Waals surface area contributed by atoms with Gasteiger partial charge in [-0.1, -0.05) is 181 Å². The highest BCUT2D eigenvalue weighted by Gasteiger charge is 2.23. The van der Waals surface area contributed by atoms with Crippen LogP contribution < -0.4 is 5.73 Å². The summed E-state index contributed by atoms with van der Waals surface area (Å²) in [4.78, 5) is 44.2. The standard InChI is InChI=1S/C49H92N4O7/c1-6-8-10-12-14-16-18-20-22-24-26-28-30-32-34-52(35-33-31-29-27-25-23-21-19-17-15-13-11-9-7-2)46(54)42-58-37-36-57-38-39-59-47(55)45(50)40-44-41-51-43-53(44)48(56)60-49(3,4)5/h41,43,45H,6-40,42,50H2,1-5H3. The molecule has 1 unspecified atom stereocenters. The van der Waals surface area contributed by atoms with Crippen LogP contribution in [0, 0.1) is 0 Å². The number of rotatable bonds is 41. The molecule has 350 valence electrons. The zero-order valence-electron chi connectivity index (χ0n) is 39.5. The van der Waals surface area contributed by atoms with E-state index in [-0.39, 0.29) is 45.4 Å². The van der Waals surface area contributed by atoms with Crippen molar-refractivity contribution < 1.29 is 33.3 Å². The summed E-state index contributed by atoms with van der Waals surface area (Å²) in [7, 11) is 0. The molecule has 0 radical (unpaired) electrons. The third kappa shape index (κ3) is 32.2. The second-order valence-corrected chi connectivity index (χ2v) is 18.0. The van der Waals surface area contributed by atoms with Crippen molar-refractivity contribution in [2.75, 3.05) is 46.1 Å². The quantitative estimate of drug-likeness (QED) is 0.0504. The first-order valence-electron chi connectivity index (χ1n) is 24.7. The molecule has 1 aromatic heterocycles. The van der Waals surface area contributed by atoms with Crippen molar-refractivity contribution in [3.63, 3.8) is 0 Å². The van der Waals surface area contributed by atoms with Gasteiger partial charge < -0.3 is 29.6 Å². The van der Waals surface area contributed by atoms with Gasteiger partial charge in [-0.2, -0.15) is 0 Å². The van der Waals surface area contributed by atoms with Gasteiger partial charge in [-0.15, -0.1) is 0 Å². The van der Waals surface area contributed by atoms with Gasteiger partial charge in [0, 0.05) is 25.7 Å². The largest absolute Gasteiger partial charge is 0.462 e. The Hall–Kier alpha value is -2.50. The minimum absolute atomic E-state index is 0.0307. The minimum atomic E-state index is -0.978. The Bertz CT molecular complexity index is 1140. The van der Waals surface area contributed by atoms with Crippen molar-refractivity contribution >= 4 is 18.0 Å². The molecule has 1 amide bonds. The van der Waals surface area contributed by atoms with E-state index in [0.717, 1.165) is 25.9 Å². The molecular weight excluding hydrogens is 757 g/mol. The van der Waals surface area contributed by atoms with Crippen LogP contribution in [0.5, 0.6) is 0 Å². The van der Waals surface area contributed by atoms with Gasteiger partial charge in [0.15, 0.2) is 0 Å². The first kappa shape index (κ1) is 55.5. The zero-order chi connectivity index (χ0) is 43.9. The van der Waals surface area contributed by atoms with Crippen molar-refractivity contribution in [1.82, 2.24) is 14.5 Å². The summed E-state index contributed by atoms with van der Waals surface area (Å²) >= 11 is 0. The molecule has 0 bridgehead atoms. The highest BCUT2D eigenvalue weighted by molar-refractivity contribution is 5.77. The molecule has 0 spiro atoms. The molecule has 0 aliphatic heterocycles. The number of imidazole rings is 1. The van der Waals surface area contributed by atoms with Gasteiger partial charge in [-0.3, -0.25) is 9.59 Å². The van der Waals surface area contributed by atoms with Crippen LogP contribution in [0.1, 0.15) is 220 Å². The van der Waals surface area contributed by atoms with Crippen LogP contribution >= 0.6 is 0 Å². The number of carbonyl (C=O) groups is 3. The molecule has 0 aliphatic rings. The van der Waals surface area contributed by atoms with Gasteiger partial charge >= 0.3 is 12.1 Å². The molecule has 1 rings (SSSR count). The van der Waals surface area contributed by atoms with Crippen LogP contribution in [-0.4, -0.2) is 90.2 Å².